The maximum atomic E-state index is 12.6. The first-order valence-corrected chi connectivity index (χ1v) is 9.94. The highest BCUT2D eigenvalue weighted by Gasteiger charge is 2.28. The number of benzene rings is 2. The first-order chi connectivity index (χ1) is 13.3. The van der Waals surface area contributed by atoms with Crippen molar-refractivity contribution in [3.8, 4) is 5.75 Å². The molecule has 138 valence electrons. The third-order valence-electron chi connectivity index (χ3n) is 4.98. The third kappa shape index (κ3) is 3.69. The largest absolute Gasteiger partial charge is 0.497 e. The minimum absolute atomic E-state index is 0.0632. The van der Waals surface area contributed by atoms with Gasteiger partial charge in [0.1, 0.15) is 5.75 Å². The van der Waals surface area contributed by atoms with Gasteiger partial charge in [0.05, 0.1) is 13.2 Å². The van der Waals surface area contributed by atoms with Gasteiger partial charge in [0, 0.05) is 29.2 Å². The number of carbonyl (C=O) groups is 1. The molecule has 1 amide bonds. The quantitative estimate of drug-likeness (QED) is 0.696. The van der Waals surface area contributed by atoms with Crippen LogP contribution in [-0.2, 0) is 6.42 Å². The number of rotatable bonds is 6. The van der Waals surface area contributed by atoms with Crippen LogP contribution in [0.15, 0.2) is 66.0 Å². The van der Waals surface area contributed by atoms with Crippen molar-refractivity contribution in [2.75, 3.05) is 25.1 Å². The van der Waals surface area contributed by atoms with E-state index in [0.29, 0.717) is 12.1 Å². The van der Waals surface area contributed by atoms with E-state index in [1.807, 2.05) is 12.1 Å². The monoisotopic (exact) mass is 378 g/mol. The molecular formula is C22H22N2O2S. The molecule has 1 unspecified atom stereocenters. The van der Waals surface area contributed by atoms with Crippen LogP contribution in [0, 0.1) is 0 Å². The Bertz CT molecular complexity index is 906. The van der Waals surface area contributed by atoms with Crippen LogP contribution in [0.2, 0.25) is 0 Å². The molecule has 3 aromatic rings. The molecule has 0 spiro atoms. The fourth-order valence-electron chi connectivity index (χ4n) is 3.57. The molecule has 1 N–H and O–H groups in total. The van der Waals surface area contributed by atoms with E-state index in [4.69, 9.17) is 4.74 Å². The van der Waals surface area contributed by atoms with Gasteiger partial charge in [-0.15, -0.1) is 11.3 Å². The number of hydrogen-bond donors (Lipinski definition) is 1. The summed E-state index contributed by atoms with van der Waals surface area (Å²) in [6, 6.07) is 20.1. The third-order valence-corrected chi connectivity index (χ3v) is 5.95. The van der Waals surface area contributed by atoms with Crippen LogP contribution >= 0.6 is 11.3 Å². The molecule has 1 atom stereocenters. The molecule has 0 bridgehead atoms. The molecule has 2 aromatic carbocycles. The molecule has 5 heteroatoms. The van der Waals surface area contributed by atoms with Crippen molar-refractivity contribution in [1.29, 1.82) is 0 Å². The standard InChI is InChI=1S/C22H22N2O2S/c1-26-18-10-8-17(9-11-18)22(25)23-15-20(21-7-4-14-27-21)24-13-12-16-5-2-3-6-19(16)24/h2-11,14,20H,12-13,15H2,1H3,(H,23,25). The molecule has 0 aliphatic carbocycles. The number of ether oxygens (including phenoxy) is 1. The van der Waals surface area contributed by atoms with E-state index in [1.54, 1.807) is 30.6 Å². The van der Waals surface area contributed by atoms with Crippen molar-refractivity contribution in [1.82, 2.24) is 5.32 Å². The van der Waals surface area contributed by atoms with Gasteiger partial charge < -0.3 is 15.0 Å². The van der Waals surface area contributed by atoms with Gasteiger partial charge in [-0.1, -0.05) is 24.3 Å². The molecule has 0 saturated carbocycles. The first kappa shape index (κ1) is 17.6. The summed E-state index contributed by atoms with van der Waals surface area (Å²) in [5, 5.41) is 5.21. The van der Waals surface area contributed by atoms with Crippen molar-refractivity contribution >= 4 is 22.9 Å². The van der Waals surface area contributed by atoms with Gasteiger partial charge in [0.2, 0.25) is 0 Å². The smallest absolute Gasteiger partial charge is 0.251 e. The topological polar surface area (TPSA) is 41.6 Å². The first-order valence-electron chi connectivity index (χ1n) is 9.06. The lowest BCUT2D eigenvalue weighted by Gasteiger charge is -2.30. The molecule has 4 nitrogen and oxygen atoms in total. The van der Waals surface area contributed by atoms with Crippen LogP contribution in [0.4, 0.5) is 5.69 Å². The van der Waals surface area contributed by atoms with Gasteiger partial charge >= 0.3 is 0 Å². The fraction of sp³-hybridized carbons (Fsp3) is 0.227. The van der Waals surface area contributed by atoms with E-state index in [2.05, 4.69) is 52.0 Å². The molecular weight excluding hydrogens is 356 g/mol. The number of thiophene rings is 1. The number of fused-ring (bicyclic) bond motifs is 1. The zero-order valence-corrected chi connectivity index (χ0v) is 16.0. The lowest BCUT2D eigenvalue weighted by Crippen LogP contribution is -2.37. The number of nitrogens with one attached hydrogen (secondary N) is 1. The summed E-state index contributed by atoms with van der Waals surface area (Å²) in [6.07, 6.45) is 1.05. The highest BCUT2D eigenvalue weighted by atomic mass is 32.1. The Hall–Kier alpha value is -2.79. The number of carbonyl (C=O) groups excluding carboxylic acids is 1. The van der Waals surface area contributed by atoms with E-state index >= 15 is 0 Å². The van der Waals surface area contributed by atoms with Gasteiger partial charge in [0.15, 0.2) is 0 Å². The van der Waals surface area contributed by atoms with Crippen LogP contribution in [0.5, 0.6) is 5.75 Å². The number of amides is 1. The van der Waals surface area contributed by atoms with E-state index in [-0.39, 0.29) is 11.9 Å². The second kappa shape index (κ2) is 7.84. The highest BCUT2D eigenvalue weighted by Crippen LogP contribution is 2.36. The molecule has 2 heterocycles. The van der Waals surface area contributed by atoms with Crippen LogP contribution in [-0.4, -0.2) is 26.1 Å². The minimum atomic E-state index is -0.0632. The average molecular weight is 378 g/mol. The number of methoxy groups -OCH3 is 1. The Balaban J connectivity index is 1.52. The van der Waals surface area contributed by atoms with Crippen LogP contribution in [0.3, 0.4) is 0 Å². The lowest BCUT2D eigenvalue weighted by molar-refractivity contribution is 0.0951. The van der Waals surface area contributed by atoms with Gasteiger partial charge in [-0.05, 0) is 53.8 Å². The molecule has 0 radical (unpaired) electrons. The fourth-order valence-corrected chi connectivity index (χ4v) is 4.41. The second-order valence-electron chi connectivity index (χ2n) is 6.54. The molecule has 0 saturated heterocycles. The number of anilines is 1. The molecule has 1 aromatic heterocycles. The van der Waals surface area contributed by atoms with Gasteiger partial charge in [-0.3, -0.25) is 4.79 Å². The molecule has 0 fully saturated rings. The summed E-state index contributed by atoms with van der Waals surface area (Å²) in [5.41, 5.74) is 3.29. The summed E-state index contributed by atoms with van der Waals surface area (Å²) in [7, 11) is 1.62. The predicted molar refractivity (Wildman–Crippen MR) is 110 cm³/mol. The number of para-hydroxylation sites is 1. The molecule has 4 rings (SSSR count). The Kier molecular flexibility index (Phi) is 5.12. The number of nitrogens with zero attached hydrogens (tertiary/aromatic N) is 1. The van der Waals surface area contributed by atoms with Crippen molar-refractivity contribution in [2.45, 2.75) is 12.5 Å². The Labute approximate surface area is 163 Å². The molecule has 1 aliphatic rings. The second-order valence-corrected chi connectivity index (χ2v) is 7.52. The van der Waals surface area contributed by atoms with Crippen LogP contribution < -0.4 is 15.0 Å². The van der Waals surface area contributed by atoms with E-state index in [9.17, 15) is 4.79 Å². The van der Waals surface area contributed by atoms with Gasteiger partial charge in [-0.25, -0.2) is 0 Å². The van der Waals surface area contributed by atoms with Gasteiger partial charge in [-0.2, -0.15) is 0 Å². The van der Waals surface area contributed by atoms with E-state index in [1.165, 1.54) is 16.1 Å². The van der Waals surface area contributed by atoms with E-state index < -0.39 is 0 Å². The summed E-state index contributed by atoms with van der Waals surface area (Å²) in [4.78, 5) is 16.3. The number of hydrogen-bond acceptors (Lipinski definition) is 4. The van der Waals surface area contributed by atoms with Crippen LogP contribution in [0.1, 0.15) is 26.8 Å². The van der Waals surface area contributed by atoms with E-state index in [0.717, 1.165) is 18.7 Å². The average Bonchev–Trinajstić information content (AvgIpc) is 3.39. The summed E-state index contributed by atoms with van der Waals surface area (Å²) < 4.78 is 5.16. The van der Waals surface area contributed by atoms with Crippen molar-refractivity contribution in [3.05, 3.63) is 82.0 Å². The molecule has 1 aliphatic heterocycles. The Morgan fingerprint density at radius 2 is 1.96 bits per heavy atom. The highest BCUT2D eigenvalue weighted by molar-refractivity contribution is 7.10. The normalized spacial score (nSPS) is 13.9. The summed E-state index contributed by atoms with van der Waals surface area (Å²) in [5.74, 6) is 0.684. The molecule has 27 heavy (non-hydrogen) atoms. The predicted octanol–water partition coefficient (Wildman–Crippen LogP) is 4.29. The summed E-state index contributed by atoms with van der Waals surface area (Å²) >= 11 is 1.74. The maximum Gasteiger partial charge on any atom is 0.251 e. The SMILES string of the molecule is COc1ccc(C(=O)NCC(c2cccs2)N2CCc3ccccc32)cc1. The van der Waals surface area contributed by atoms with Gasteiger partial charge in [0.25, 0.3) is 5.91 Å². The van der Waals surface area contributed by atoms with Crippen molar-refractivity contribution < 1.29 is 9.53 Å². The minimum Gasteiger partial charge on any atom is -0.497 e. The van der Waals surface area contributed by atoms with Crippen LogP contribution in [0.25, 0.3) is 0 Å². The Morgan fingerprint density at radius 3 is 2.70 bits per heavy atom. The lowest BCUT2D eigenvalue weighted by atomic mass is 10.1. The van der Waals surface area contributed by atoms with Crippen molar-refractivity contribution in [2.24, 2.45) is 0 Å². The Morgan fingerprint density at radius 1 is 1.15 bits per heavy atom. The zero-order valence-electron chi connectivity index (χ0n) is 15.2. The zero-order chi connectivity index (χ0) is 18.6. The maximum absolute atomic E-state index is 12.6. The summed E-state index contributed by atoms with van der Waals surface area (Å²) in [6.45, 7) is 1.54. The van der Waals surface area contributed by atoms with Crippen molar-refractivity contribution in [3.63, 3.8) is 0 Å².